The van der Waals surface area contributed by atoms with Crippen LogP contribution >= 0.6 is 0 Å². The fourth-order valence-corrected chi connectivity index (χ4v) is 2.52. The summed E-state index contributed by atoms with van der Waals surface area (Å²) in [5.41, 5.74) is 0. The van der Waals surface area contributed by atoms with Crippen LogP contribution in [0.5, 0.6) is 0 Å². The molecule has 0 radical (unpaired) electrons. The molecule has 0 aromatic rings. The first-order valence-electron chi connectivity index (χ1n) is 8.44. The third-order valence-corrected chi connectivity index (χ3v) is 3.77. The van der Waals surface area contributed by atoms with E-state index in [-0.39, 0.29) is 0 Å². The van der Waals surface area contributed by atoms with Crippen molar-refractivity contribution >= 4 is 11.8 Å². The van der Waals surface area contributed by atoms with Gasteiger partial charge in [0.15, 0.2) is 0 Å². The van der Waals surface area contributed by atoms with Crippen molar-refractivity contribution in [1.82, 2.24) is 0 Å². The van der Waals surface area contributed by atoms with Gasteiger partial charge in [0.1, 0.15) is 0 Å². The molecule has 1 aliphatic rings. The fourth-order valence-electron chi connectivity index (χ4n) is 2.52. The smallest absolute Gasteiger partial charge is 0.283 e. The quantitative estimate of drug-likeness (QED) is 0.494. The maximum Gasteiger partial charge on any atom is 0.448 e. The summed E-state index contributed by atoms with van der Waals surface area (Å²) in [5, 5.41) is 13.1. The minimum Gasteiger partial charge on any atom is -0.283 e. The van der Waals surface area contributed by atoms with Gasteiger partial charge in [0.2, 0.25) is 5.84 Å². The van der Waals surface area contributed by atoms with Crippen LogP contribution in [0.4, 0.5) is 0 Å². The van der Waals surface area contributed by atoms with E-state index in [1.165, 1.54) is 70.6 Å². The van der Waals surface area contributed by atoms with Crippen LogP contribution in [0.3, 0.4) is 0 Å². The van der Waals surface area contributed by atoms with Crippen LogP contribution in [0, 0.1) is 0 Å². The summed E-state index contributed by atoms with van der Waals surface area (Å²) in [6, 6.07) is 0. The highest BCUT2D eigenvalue weighted by molar-refractivity contribution is 5.98. The summed E-state index contributed by atoms with van der Waals surface area (Å²) in [7, 11) is 0. The second kappa shape index (κ2) is 11.7. The van der Waals surface area contributed by atoms with E-state index in [0.29, 0.717) is 5.96 Å². The summed E-state index contributed by atoms with van der Waals surface area (Å²) >= 11 is 0. The van der Waals surface area contributed by atoms with Crippen molar-refractivity contribution in [3.05, 3.63) is 0 Å². The molecule has 0 amide bonds. The number of hydrogen-bond acceptors (Lipinski definition) is 1. The molecule has 20 heavy (non-hydrogen) atoms. The first-order chi connectivity index (χ1) is 9.83. The molecule has 0 unspecified atom stereocenters. The number of aliphatic imine (C=N–C) groups is 1. The predicted molar refractivity (Wildman–Crippen MR) is 84.9 cm³/mol. The summed E-state index contributed by atoms with van der Waals surface area (Å²) in [5.74, 6) is 1.11. The number of guanidine groups is 1. The van der Waals surface area contributed by atoms with Crippen molar-refractivity contribution in [2.24, 2.45) is 15.2 Å². The Morgan fingerprint density at radius 3 is 1.65 bits per heavy atom. The van der Waals surface area contributed by atoms with E-state index in [2.05, 4.69) is 22.1 Å². The van der Waals surface area contributed by atoms with Gasteiger partial charge in [0, 0.05) is 6.42 Å². The van der Waals surface area contributed by atoms with Gasteiger partial charge in [0.05, 0.1) is 5.11 Å². The number of nitrogens with zero attached hydrogens (tertiary/aromatic N) is 3. The molecule has 0 fully saturated rings. The van der Waals surface area contributed by atoms with Crippen LogP contribution in [-0.4, -0.2) is 11.8 Å². The lowest BCUT2D eigenvalue weighted by molar-refractivity contribution is -0.116. The largest absolute Gasteiger partial charge is 0.448 e. The average molecular weight is 279 g/mol. The van der Waals surface area contributed by atoms with E-state index in [0.717, 1.165) is 18.7 Å². The van der Waals surface area contributed by atoms with E-state index in [1.54, 1.807) is 0 Å². The maximum absolute atomic E-state index is 5.43. The minimum absolute atomic E-state index is 0.305. The van der Waals surface area contributed by atoms with Gasteiger partial charge in [-0.15, -0.1) is 0 Å². The Balaban J connectivity index is 1.76. The molecule has 1 heterocycles. The van der Waals surface area contributed by atoms with Crippen LogP contribution in [0.15, 0.2) is 15.2 Å². The first kappa shape index (κ1) is 17.0. The second-order valence-corrected chi connectivity index (χ2v) is 5.73. The molecule has 4 heteroatoms. The SMILES string of the molecule is CCCCCCCCCCCCCCC1=NC(=[NH2+])N=N1. The molecule has 1 rings (SSSR count). The van der Waals surface area contributed by atoms with Crippen LogP contribution < -0.4 is 5.41 Å². The molecule has 0 bridgehead atoms. The van der Waals surface area contributed by atoms with Crippen molar-refractivity contribution in [3.63, 3.8) is 0 Å². The van der Waals surface area contributed by atoms with Gasteiger partial charge in [-0.3, -0.25) is 5.41 Å². The van der Waals surface area contributed by atoms with E-state index < -0.39 is 0 Å². The molecule has 0 aliphatic carbocycles. The number of azo groups is 1. The number of amidine groups is 1. The molecule has 1 aliphatic heterocycles. The zero-order valence-corrected chi connectivity index (χ0v) is 13.1. The molecule has 0 atom stereocenters. The van der Waals surface area contributed by atoms with Gasteiger partial charge in [-0.25, -0.2) is 0 Å². The summed E-state index contributed by atoms with van der Waals surface area (Å²) < 4.78 is 0. The van der Waals surface area contributed by atoms with Crippen LogP contribution in [0.25, 0.3) is 0 Å². The number of rotatable bonds is 13. The van der Waals surface area contributed by atoms with Gasteiger partial charge in [-0.05, 0) is 16.5 Å². The zero-order valence-electron chi connectivity index (χ0n) is 13.1. The molecule has 0 aromatic carbocycles. The Labute approximate surface area is 123 Å². The van der Waals surface area contributed by atoms with Gasteiger partial charge < -0.3 is 0 Å². The molecule has 0 saturated carbocycles. The third-order valence-electron chi connectivity index (χ3n) is 3.77. The van der Waals surface area contributed by atoms with Gasteiger partial charge in [-0.1, -0.05) is 77.6 Å². The van der Waals surface area contributed by atoms with E-state index >= 15 is 0 Å². The Kier molecular flexibility index (Phi) is 9.98. The van der Waals surface area contributed by atoms with Crippen LogP contribution in [0.2, 0.25) is 0 Å². The molecule has 0 spiro atoms. The Hall–Kier alpha value is -1.06. The van der Waals surface area contributed by atoms with Crippen molar-refractivity contribution in [2.45, 2.75) is 90.4 Å². The predicted octanol–water partition coefficient (Wildman–Crippen LogP) is 4.06. The second-order valence-electron chi connectivity index (χ2n) is 5.73. The first-order valence-corrected chi connectivity index (χ1v) is 8.44. The molecule has 0 saturated heterocycles. The van der Waals surface area contributed by atoms with Crippen LogP contribution in [0.1, 0.15) is 90.4 Å². The fraction of sp³-hybridized carbons (Fsp3) is 0.875. The molecule has 114 valence electrons. The maximum atomic E-state index is 5.43. The lowest BCUT2D eigenvalue weighted by Gasteiger charge is -2.02. The topological polar surface area (TPSA) is 62.7 Å². The zero-order chi connectivity index (χ0) is 14.5. The van der Waals surface area contributed by atoms with Crippen LogP contribution in [-0.2, 0) is 0 Å². The highest BCUT2D eigenvalue weighted by atomic mass is 15.3. The van der Waals surface area contributed by atoms with Crippen molar-refractivity contribution < 1.29 is 5.41 Å². The van der Waals surface area contributed by atoms with Crippen molar-refractivity contribution in [3.8, 4) is 0 Å². The molecular weight excluding hydrogens is 248 g/mol. The lowest BCUT2D eigenvalue weighted by atomic mass is 10.0. The molecule has 4 nitrogen and oxygen atoms in total. The van der Waals surface area contributed by atoms with Crippen molar-refractivity contribution in [2.75, 3.05) is 0 Å². The summed E-state index contributed by atoms with van der Waals surface area (Å²) in [6.45, 7) is 2.27. The monoisotopic (exact) mass is 279 g/mol. The van der Waals surface area contributed by atoms with Gasteiger partial charge in [0.25, 0.3) is 0 Å². The summed E-state index contributed by atoms with van der Waals surface area (Å²) in [6.07, 6.45) is 17.3. The third kappa shape index (κ3) is 8.94. The number of nitrogens with two attached hydrogens (primary N) is 1. The normalized spacial score (nSPS) is 14.1. The number of hydrogen-bond donors (Lipinski definition) is 1. The van der Waals surface area contributed by atoms with E-state index in [4.69, 9.17) is 5.41 Å². The lowest BCUT2D eigenvalue weighted by Crippen LogP contribution is -2.36. The Bertz CT molecular complexity index is 320. The van der Waals surface area contributed by atoms with Gasteiger partial charge >= 0.3 is 5.96 Å². The Morgan fingerprint density at radius 2 is 1.20 bits per heavy atom. The van der Waals surface area contributed by atoms with E-state index in [9.17, 15) is 0 Å². The van der Waals surface area contributed by atoms with Crippen molar-refractivity contribution in [1.29, 1.82) is 0 Å². The minimum atomic E-state index is 0.305. The average Bonchev–Trinajstić information content (AvgIpc) is 2.86. The standard InChI is InChI=1S/C16H30N4/c1-2-3-4-5-6-7-8-9-10-11-12-13-14-15-18-16(17)20-19-15/h17H,2-14H2,1H3/p+1. The number of unbranched alkanes of at least 4 members (excludes halogenated alkanes) is 11. The Morgan fingerprint density at radius 1 is 0.700 bits per heavy atom. The highest BCUT2D eigenvalue weighted by Gasteiger charge is 2.15. The highest BCUT2D eigenvalue weighted by Crippen LogP contribution is 2.13. The van der Waals surface area contributed by atoms with E-state index in [1.807, 2.05) is 0 Å². The van der Waals surface area contributed by atoms with Gasteiger partial charge in [-0.2, -0.15) is 0 Å². The molecule has 0 aromatic heterocycles. The summed E-state index contributed by atoms with van der Waals surface area (Å²) in [4.78, 5) is 4.06. The molecule has 2 N–H and O–H groups in total. The molecular formula is C16H31N4+.